The predicted molar refractivity (Wildman–Crippen MR) is 140 cm³/mol. The highest BCUT2D eigenvalue weighted by atomic mass is 35.5. The summed E-state index contributed by atoms with van der Waals surface area (Å²) in [5.41, 5.74) is 4.38. The quantitative estimate of drug-likeness (QED) is 0.311. The van der Waals surface area contributed by atoms with Crippen molar-refractivity contribution < 1.29 is 18.9 Å². The molecule has 4 aromatic rings. The molecule has 0 unspecified atom stereocenters. The maximum absolute atomic E-state index is 13.7. The molecule has 7 nitrogen and oxygen atoms in total. The van der Waals surface area contributed by atoms with Gasteiger partial charge in [-0.25, -0.2) is 4.39 Å². The Hall–Kier alpha value is -3.43. The lowest BCUT2D eigenvalue weighted by Crippen LogP contribution is -2.48. The smallest absolute Gasteiger partial charge is 0.255 e. The second kappa shape index (κ2) is 11.3. The zero-order chi connectivity index (χ0) is 25.8. The third-order valence-electron chi connectivity index (χ3n) is 6.13. The van der Waals surface area contributed by atoms with Gasteiger partial charge in [0.05, 0.1) is 15.6 Å². The van der Waals surface area contributed by atoms with Crippen molar-refractivity contribution in [2.24, 2.45) is 0 Å². The third kappa shape index (κ3) is 5.94. The van der Waals surface area contributed by atoms with Crippen LogP contribution in [0.25, 0.3) is 10.9 Å². The third-order valence-corrected chi connectivity index (χ3v) is 6.75. The van der Waals surface area contributed by atoms with Gasteiger partial charge in [-0.05, 0) is 42.0 Å². The van der Waals surface area contributed by atoms with Crippen LogP contribution in [0.2, 0.25) is 10.0 Å². The molecule has 1 fully saturated rings. The summed E-state index contributed by atoms with van der Waals surface area (Å²) >= 11 is 12.2. The van der Waals surface area contributed by atoms with E-state index in [2.05, 4.69) is 15.5 Å². The molecule has 1 aliphatic heterocycles. The second-order valence-electron chi connectivity index (χ2n) is 8.58. The van der Waals surface area contributed by atoms with E-state index in [1.54, 1.807) is 41.4 Å². The Morgan fingerprint density at radius 3 is 2.54 bits per heavy atom. The molecule has 0 aliphatic carbocycles. The van der Waals surface area contributed by atoms with Gasteiger partial charge in [-0.15, -0.1) is 0 Å². The molecule has 2 heterocycles. The Morgan fingerprint density at radius 1 is 0.946 bits per heavy atom. The number of hydrogen-bond donors (Lipinski definition) is 1. The van der Waals surface area contributed by atoms with E-state index in [9.17, 15) is 9.18 Å². The minimum absolute atomic E-state index is 0.109. The number of nitrogens with zero attached hydrogens (tertiary/aromatic N) is 3. The number of para-hydroxylation sites is 1. The highest BCUT2D eigenvalue weighted by Crippen LogP contribution is 2.26. The van der Waals surface area contributed by atoms with Crippen LogP contribution >= 0.6 is 23.2 Å². The molecular formula is C27H23Cl2FN4O3. The highest BCUT2D eigenvalue weighted by molar-refractivity contribution is 6.34. The summed E-state index contributed by atoms with van der Waals surface area (Å²) in [6.07, 6.45) is 1.69. The molecule has 1 amide bonds. The zero-order valence-corrected chi connectivity index (χ0v) is 21.2. The summed E-state index contributed by atoms with van der Waals surface area (Å²) in [4.78, 5) is 32.3. The second-order valence-corrected chi connectivity index (χ2v) is 9.39. The number of fused-ring (bicyclic) bond motifs is 1. The summed E-state index contributed by atoms with van der Waals surface area (Å²) in [6, 6.07) is 19.0. The number of amides is 1. The molecule has 0 bridgehead atoms. The van der Waals surface area contributed by atoms with Crippen LogP contribution in [0.3, 0.4) is 0 Å². The van der Waals surface area contributed by atoms with Gasteiger partial charge in [0.2, 0.25) is 0 Å². The summed E-state index contributed by atoms with van der Waals surface area (Å²) in [5, 5.41) is 1.32. The number of rotatable bonds is 7. The van der Waals surface area contributed by atoms with Crippen LogP contribution in [0.1, 0.15) is 15.9 Å². The lowest BCUT2D eigenvalue weighted by molar-refractivity contribution is -0.0181. The predicted octanol–water partition coefficient (Wildman–Crippen LogP) is 5.52. The molecular weight excluding hydrogens is 518 g/mol. The Bertz CT molecular complexity index is 1420. The van der Waals surface area contributed by atoms with E-state index in [4.69, 9.17) is 32.9 Å². The fraction of sp³-hybridized carbons (Fsp3) is 0.185. The molecule has 37 heavy (non-hydrogen) atoms. The molecule has 5 rings (SSSR count). The highest BCUT2D eigenvalue weighted by Gasteiger charge is 2.24. The minimum Gasteiger partial charge on any atom is -0.374 e. The lowest BCUT2D eigenvalue weighted by Gasteiger charge is -2.35. The Labute approximate surface area is 223 Å². The fourth-order valence-corrected chi connectivity index (χ4v) is 4.55. The van der Waals surface area contributed by atoms with E-state index in [-0.39, 0.29) is 16.0 Å². The van der Waals surface area contributed by atoms with Crippen molar-refractivity contribution in [3.8, 4) is 11.5 Å². The summed E-state index contributed by atoms with van der Waals surface area (Å²) in [7, 11) is 0. The number of pyridine rings is 1. The van der Waals surface area contributed by atoms with Gasteiger partial charge in [0.15, 0.2) is 11.5 Å². The van der Waals surface area contributed by atoms with Crippen LogP contribution in [0.15, 0.2) is 72.9 Å². The first-order chi connectivity index (χ1) is 18.0. The average Bonchev–Trinajstić information content (AvgIpc) is 2.91. The monoisotopic (exact) mass is 540 g/mol. The SMILES string of the molecule is O=C(c1ccc(ONOc2cccc3cccnc23)cc1Cl)N1CCN(Cc2ccc(Cl)c(F)c2)CC1. The molecule has 0 atom stereocenters. The molecule has 10 heteroatoms. The van der Waals surface area contributed by atoms with E-state index in [1.165, 1.54) is 6.07 Å². The van der Waals surface area contributed by atoms with Gasteiger partial charge in [0, 0.05) is 56.0 Å². The van der Waals surface area contributed by atoms with E-state index in [0.717, 1.165) is 10.9 Å². The maximum Gasteiger partial charge on any atom is 0.255 e. The average molecular weight is 541 g/mol. The zero-order valence-electron chi connectivity index (χ0n) is 19.7. The Balaban J connectivity index is 1.14. The number of hydrogen-bond acceptors (Lipinski definition) is 6. The van der Waals surface area contributed by atoms with Crippen LogP contribution in [0, 0.1) is 5.82 Å². The van der Waals surface area contributed by atoms with Gasteiger partial charge in [0.1, 0.15) is 11.3 Å². The number of piperazine rings is 1. The number of aromatic nitrogens is 1. The van der Waals surface area contributed by atoms with Crippen molar-refractivity contribution in [1.29, 1.82) is 0 Å². The normalized spacial score (nSPS) is 14.1. The number of carbonyl (C=O) groups excluding carboxylic acids is 1. The fourth-order valence-electron chi connectivity index (χ4n) is 4.18. The van der Waals surface area contributed by atoms with Crippen molar-refractivity contribution in [2.75, 3.05) is 26.2 Å². The summed E-state index contributed by atoms with van der Waals surface area (Å²) in [6.45, 7) is 3.00. The van der Waals surface area contributed by atoms with Crippen molar-refractivity contribution in [2.45, 2.75) is 6.54 Å². The summed E-state index contributed by atoms with van der Waals surface area (Å²) in [5.74, 6) is 0.313. The molecule has 0 spiro atoms. The maximum atomic E-state index is 13.7. The van der Waals surface area contributed by atoms with Crippen LogP contribution in [-0.2, 0) is 6.54 Å². The first-order valence-corrected chi connectivity index (χ1v) is 12.4. The largest absolute Gasteiger partial charge is 0.374 e. The van der Waals surface area contributed by atoms with Gasteiger partial charge in [-0.2, -0.15) is 0 Å². The van der Waals surface area contributed by atoms with Crippen LogP contribution in [0.4, 0.5) is 4.39 Å². The molecule has 190 valence electrons. The van der Waals surface area contributed by atoms with Gasteiger partial charge in [-0.1, -0.05) is 47.5 Å². The van der Waals surface area contributed by atoms with E-state index >= 15 is 0 Å². The van der Waals surface area contributed by atoms with Crippen LogP contribution in [0.5, 0.6) is 11.5 Å². The number of nitrogens with one attached hydrogen (secondary N) is 1. The van der Waals surface area contributed by atoms with Crippen molar-refractivity contribution in [3.63, 3.8) is 0 Å². The standard InChI is InChI=1S/C27H23Cl2FN4O3/c28-22-9-6-18(15-24(22)30)17-33-11-13-34(14-12-33)27(35)21-8-7-20(16-23(21)29)36-32-37-25-5-1-3-19-4-2-10-31-26(19)25/h1-10,15-16,32H,11-14,17H2. The number of benzene rings is 3. The van der Waals surface area contributed by atoms with Crippen LogP contribution in [-0.4, -0.2) is 46.9 Å². The summed E-state index contributed by atoms with van der Waals surface area (Å²) < 4.78 is 13.7. The van der Waals surface area contributed by atoms with Gasteiger partial charge >= 0.3 is 0 Å². The molecule has 0 radical (unpaired) electrons. The molecule has 1 N–H and O–H groups in total. The first-order valence-electron chi connectivity index (χ1n) is 11.7. The molecule has 0 saturated carbocycles. The Kier molecular flexibility index (Phi) is 7.71. The molecule has 1 aromatic heterocycles. The van der Waals surface area contributed by atoms with Gasteiger partial charge in [-0.3, -0.25) is 14.7 Å². The lowest BCUT2D eigenvalue weighted by atomic mass is 10.1. The minimum atomic E-state index is -0.428. The van der Waals surface area contributed by atoms with E-state index in [1.807, 2.05) is 30.3 Å². The number of halogens is 3. The molecule has 1 saturated heterocycles. The van der Waals surface area contributed by atoms with Gasteiger partial charge in [0.25, 0.3) is 5.91 Å². The van der Waals surface area contributed by atoms with Crippen molar-refractivity contribution in [1.82, 2.24) is 20.4 Å². The van der Waals surface area contributed by atoms with Crippen molar-refractivity contribution >= 4 is 40.0 Å². The van der Waals surface area contributed by atoms with Gasteiger partial charge < -0.3 is 14.6 Å². The first kappa shape index (κ1) is 25.2. The number of carbonyl (C=O) groups is 1. The Morgan fingerprint density at radius 2 is 1.76 bits per heavy atom. The van der Waals surface area contributed by atoms with Crippen LogP contribution < -0.4 is 15.3 Å². The molecule has 3 aromatic carbocycles. The molecule has 1 aliphatic rings. The van der Waals surface area contributed by atoms with E-state index < -0.39 is 5.82 Å². The van der Waals surface area contributed by atoms with Crippen molar-refractivity contribution in [3.05, 3.63) is 99.9 Å². The van der Waals surface area contributed by atoms with E-state index in [0.29, 0.717) is 55.3 Å². The topological polar surface area (TPSA) is 66.9 Å².